The van der Waals surface area contributed by atoms with Crippen LogP contribution in [0.4, 0.5) is 4.79 Å². The van der Waals surface area contributed by atoms with Crippen molar-refractivity contribution in [2.45, 2.75) is 77.1 Å². The number of rotatable bonds is 13. The molecule has 0 radical (unpaired) electrons. The Balaban J connectivity index is 1.51. The zero-order valence-corrected chi connectivity index (χ0v) is 28.2. The van der Waals surface area contributed by atoms with Crippen molar-refractivity contribution in [1.82, 2.24) is 9.62 Å². The van der Waals surface area contributed by atoms with Crippen LogP contribution in [0, 0.1) is 0 Å². The van der Waals surface area contributed by atoms with Crippen LogP contribution in [0.5, 0.6) is 5.75 Å². The maximum absolute atomic E-state index is 13.1. The minimum absolute atomic E-state index is 0.0738. The number of sulfonamides is 1. The molecule has 1 aliphatic carbocycles. The van der Waals surface area contributed by atoms with E-state index in [0.29, 0.717) is 24.3 Å². The molecule has 3 aromatic rings. The van der Waals surface area contributed by atoms with Crippen molar-refractivity contribution in [3.8, 4) is 16.9 Å². The van der Waals surface area contributed by atoms with Crippen molar-refractivity contribution in [2.24, 2.45) is 0 Å². The first kappa shape index (κ1) is 35.9. The minimum atomic E-state index is -3.99. The lowest BCUT2D eigenvalue weighted by Crippen LogP contribution is -2.40. The Morgan fingerprint density at radius 3 is 2.26 bits per heavy atom. The fourth-order valence-electron chi connectivity index (χ4n) is 5.42. The van der Waals surface area contributed by atoms with Crippen LogP contribution in [0.25, 0.3) is 11.1 Å². The second-order valence-electron chi connectivity index (χ2n) is 12.9. The summed E-state index contributed by atoms with van der Waals surface area (Å²) in [4.78, 5) is 27.6. The van der Waals surface area contributed by atoms with Crippen molar-refractivity contribution in [1.29, 1.82) is 0 Å². The van der Waals surface area contributed by atoms with Gasteiger partial charge >= 0.3 is 6.09 Å². The van der Waals surface area contributed by atoms with Crippen LogP contribution >= 0.6 is 0 Å². The van der Waals surface area contributed by atoms with Crippen LogP contribution < -0.4 is 9.46 Å². The lowest BCUT2D eigenvalue weighted by molar-refractivity contribution is 0.0147. The highest BCUT2D eigenvalue weighted by Gasteiger charge is 2.25. The van der Waals surface area contributed by atoms with Gasteiger partial charge in [-0.2, -0.15) is 0 Å². The normalized spacial score (nSPS) is 14.7. The number of carbonyl (C=O) groups excluding carboxylic acids is 2. The molecule has 0 aromatic heterocycles. The Kier molecular flexibility index (Phi) is 12.4. The van der Waals surface area contributed by atoms with Crippen molar-refractivity contribution < 1.29 is 37.7 Å². The van der Waals surface area contributed by atoms with Gasteiger partial charge in [-0.25, -0.2) is 17.9 Å². The van der Waals surface area contributed by atoms with E-state index in [0.717, 1.165) is 48.8 Å². The number of hydrogen-bond acceptors (Lipinski definition) is 8. The monoisotopic (exact) mass is 666 g/mol. The minimum Gasteiger partial charge on any atom is -0.490 e. The summed E-state index contributed by atoms with van der Waals surface area (Å²) in [7, 11) is -3.99. The van der Waals surface area contributed by atoms with Gasteiger partial charge in [0.2, 0.25) is 10.0 Å². The van der Waals surface area contributed by atoms with Gasteiger partial charge in [-0.15, -0.1) is 0 Å². The molecule has 1 fully saturated rings. The molecule has 0 spiro atoms. The second-order valence-corrected chi connectivity index (χ2v) is 14.7. The number of amides is 2. The highest BCUT2D eigenvalue weighted by atomic mass is 32.2. The molecule has 0 heterocycles. The second kappa shape index (κ2) is 16.3. The molecule has 1 aliphatic rings. The van der Waals surface area contributed by atoms with E-state index < -0.39 is 46.1 Å². The van der Waals surface area contributed by atoms with Gasteiger partial charge in [0.1, 0.15) is 11.4 Å². The molecular weight excluding hydrogens is 620 g/mol. The average Bonchev–Trinajstić information content (AvgIpc) is 3.03. The number of benzene rings is 3. The summed E-state index contributed by atoms with van der Waals surface area (Å²) in [6, 6.07) is 22.0. The number of nitrogens with zero attached hydrogens (tertiary/aromatic N) is 1. The smallest absolute Gasteiger partial charge is 0.410 e. The van der Waals surface area contributed by atoms with Crippen LogP contribution in [0.15, 0.2) is 72.8 Å². The first-order chi connectivity index (χ1) is 22.3. The van der Waals surface area contributed by atoms with Crippen LogP contribution in [0.1, 0.15) is 80.5 Å². The fourth-order valence-corrected chi connectivity index (χ4v) is 6.15. The summed E-state index contributed by atoms with van der Waals surface area (Å²) in [5.41, 5.74) is 2.77. The average molecular weight is 667 g/mol. The lowest BCUT2D eigenvalue weighted by Gasteiger charge is -2.29. The van der Waals surface area contributed by atoms with E-state index in [9.17, 15) is 23.1 Å². The topological polar surface area (TPSA) is 142 Å². The third-order valence-corrected chi connectivity index (χ3v) is 9.08. The van der Waals surface area contributed by atoms with E-state index in [2.05, 4.69) is 0 Å². The van der Waals surface area contributed by atoms with E-state index in [1.54, 1.807) is 39.0 Å². The quantitative estimate of drug-likeness (QED) is 0.213. The summed E-state index contributed by atoms with van der Waals surface area (Å²) >= 11 is 0. The van der Waals surface area contributed by atoms with Gasteiger partial charge in [0, 0.05) is 6.54 Å². The molecule has 11 heteroatoms. The molecule has 47 heavy (non-hydrogen) atoms. The van der Waals surface area contributed by atoms with Crippen LogP contribution in [0.3, 0.4) is 0 Å². The maximum Gasteiger partial charge on any atom is 0.410 e. The van der Waals surface area contributed by atoms with Gasteiger partial charge in [-0.1, -0.05) is 67.1 Å². The summed E-state index contributed by atoms with van der Waals surface area (Å²) in [6.07, 6.45) is 3.97. The van der Waals surface area contributed by atoms with Gasteiger partial charge in [0.15, 0.2) is 0 Å². The molecule has 3 N–H and O–H groups in total. The zero-order chi connectivity index (χ0) is 34.0. The molecule has 10 nitrogen and oxygen atoms in total. The molecule has 3 aromatic carbocycles. The van der Waals surface area contributed by atoms with E-state index in [1.165, 1.54) is 4.90 Å². The first-order valence-corrected chi connectivity index (χ1v) is 17.8. The summed E-state index contributed by atoms with van der Waals surface area (Å²) in [5.74, 6) is -1.08. The van der Waals surface area contributed by atoms with Gasteiger partial charge < -0.3 is 24.6 Å². The van der Waals surface area contributed by atoms with Crippen molar-refractivity contribution >= 4 is 22.0 Å². The maximum atomic E-state index is 13.1. The number of aliphatic hydroxyl groups is 2. The Labute approximate surface area is 277 Å². The predicted molar refractivity (Wildman–Crippen MR) is 181 cm³/mol. The lowest BCUT2D eigenvalue weighted by atomic mass is 9.97. The van der Waals surface area contributed by atoms with Gasteiger partial charge in [-0.3, -0.25) is 4.79 Å². The molecule has 0 unspecified atom stereocenters. The van der Waals surface area contributed by atoms with Crippen molar-refractivity contribution in [3.63, 3.8) is 0 Å². The third-order valence-electron chi connectivity index (χ3n) is 7.87. The number of ether oxygens (including phenoxy) is 2. The van der Waals surface area contributed by atoms with Crippen LogP contribution in [0.2, 0.25) is 0 Å². The predicted octanol–water partition coefficient (Wildman–Crippen LogP) is 5.63. The Morgan fingerprint density at radius 1 is 0.957 bits per heavy atom. The van der Waals surface area contributed by atoms with Crippen LogP contribution in [-0.2, 0) is 21.2 Å². The third kappa shape index (κ3) is 11.1. The molecule has 0 bridgehead atoms. The van der Waals surface area contributed by atoms with Crippen LogP contribution in [-0.4, -0.2) is 72.7 Å². The highest BCUT2D eigenvalue weighted by Crippen LogP contribution is 2.31. The zero-order valence-electron chi connectivity index (χ0n) is 27.4. The summed E-state index contributed by atoms with van der Waals surface area (Å²) in [6.45, 7) is 5.23. The van der Waals surface area contributed by atoms with Gasteiger partial charge in [-0.05, 0) is 87.3 Å². The largest absolute Gasteiger partial charge is 0.490 e. The van der Waals surface area contributed by atoms with E-state index in [4.69, 9.17) is 14.6 Å². The van der Waals surface area contributed by atoms with Gasteiger partial charge in [0.05, 0.1) is 36.7 Å². The number of hydrogen-bond donors (Lipinski definition) is 3. The number of carbonyl (C=O) groups is 2. The molecule has 254 valence electrons. The Hall–Kier alpha value is -3.93. The summed E-state index contributed by atoms with van der Waals surface area (Å²) in [5, 5.41) is 19.9. The number of nitrogens with one attached hydrogen (secondary N) is 1. The van der Waals surface area contributed by atoms with E-state index >= 15 is 0 Å². The molecule has 1 saturated carbocycles. The van der Waals surface area contributed by atoms with Crippen molar-refractivity contribution in [2.75, 3.05) is 25.4 Å². The van der Waals surface area contributed by atoms with E-state index in [1.807, 2.05) is 59.3 Å². The summed E-state index contributed by atoms with van der Waals surface area (Å²) < 4.78 is 38.3. The Morgan fingerprint density at radius 2 is 1.62 bits per heavy atom. The molecular formula is C36H46N2O8S. The number of aliphatic hydroxyl groups excluding tert-OH is 2. The SMILES string of the molecule is CC(C)(C)OC(=O)N(CCc1ccc(-c2ccc(C(=O)NS(=O)(=O)CCO)c(OC3CCCCC3)c2)cc1)C[C@H](O)c1ccccc1. The molecule has 0 aliphatic heterocycles. The molecule has 0 saturated heterocycles. The standard InChI is InChI=1S/C36H46N2O8S/c1-36(2,3)46-35(42)38(25-32(40)28-10-6-4-7-11-28)21-20-26-14-16-27(17-15-26)29-18-19-31(34(41)37-47(43,44)23-22-39)33(24-29)45-30-12-8-5-9-13-30/h4,6-7,10-11,14-19,24,30,32,39-40H,5,8-9,12-13,20-23,25H2,1-3H3,(H,37,41)/t32-/m0/s1. The Bertz CT molecular complexity index is 1580. The van der Waals surface area contributed by atoms with E-state index in [-0.39, 0.29) is 18.2 Å². The van der Waals surface area contributed by atoms with Gasteiger partial charge in [0.25, 0.3) is 5.91 Å². The highest BCUT2D eigenvalue weighted by molar-refractivity contribution is 7.90. The van der Waals surface area contributed by atoms with Crippen molar-refractivity contribution in [3.05, 3.63) is 89.5 Å². The molecule has 2 amide bonds. The fraction of sp³-hybridized carbons (Fsp3) is 0.444. The molecule has 4 rings (SSSR count). The molecule has 1 atom stereocenters. The first-order valence-electron chi connectivity index (χ1n) is 16.1.